The Morgan fingerprint density at radius 2 is 1.94 bits per heavy atom. The second kappa shape index (κ2) is 6.39. The van der Waals surface area contributed by atoms with Crippen molar-refractivity contribution < 1.29 is 9.90 Å². The van der Waals surface area contributed by atoms with Gasteiger partial charge in [0, 0.05) is 12.6 Å². The Kier molecular flexibility index (Phi) is 5.44. The van der Waals surface area contributed by atoms with Gasteiger partial charge < -0.3 is 10.4 Å². The summed E-state index contributed by atoms with van der Waals surface area (Å²) in [7, 11) is 0. The molecule has 3 atom stereocenters. The van der Waals surface area contributed by atoms with Gasteiger partial charge in [0.1, 0.15) is 0 Å². The monoisotopic (exact) mass is 241 g/mol. The van der Waals surface area contributed by atoms with E-state index >= 15 is 0 Å². The molecule has 0 spiro atoms. The number of carboxylic acids is 1. The zero-order chi connectivity index (χ0) is 13.0. The molecule has 0 aliphatic heterocycles. The van der Waals surface area contributed by atoms with Crippen LogP contribution in [-0.4, -0.2) is 23.7 Å². The fourth-order valence-electron chi connectivity index (χ4n) is 2.71. The topological polar surface area (TPSA) is 49.3 Å². The number of carbonyl (C=O) groups is 1. The van der Waals surface area contributed by atoms with Crippen LogP contribution in [0.25, 0.3) is 0 Å². The third kappa shape index (κ3) is 4.30. The van der Waals surface area contributed by atoms with Gasteiger partial charge in [0.2, 0.25) is 0 Å². The van der Waals surface area contributed by atoms with Crippen molar-refractivity contribution in [2.45, 2.75) is 53.0 Å². The van der Waals surface area contributed by atoms with Crippen molar-refractivity contribution in [2.24, 2.45) is 23.7 Å². The van der Waals surface area contributed by atoms with Crippen LogP contribution in [0.1, 0.15) is 47.0 Å². The molecule has 0 bridgehead atoms. The first-order valence-corrected chi connectivity index (χ1v) is 6.88. The van der Waals surface area contributed by atoms with E-state index in [1.807, 2.05) is 0 Å². The third-order valence-electron chi connectivity index (χ3n) is 3.92. The molecule has 1 rings (SSSR count). The summed E-state index contributed by atoms with van der Waals surface area (Å²) in [6.45, 7) is 9.29. The lowest BCUT2D eigenvalue weighted by molar-refractivity contribution is -0.142. The number of carboxylic acid groups (broad SMARTS) is 1. The van der Waals surface area contributed by atoms with E-state index in [1.54, 1.807) is 0 Å². The van der Waals surface area contributed by atoms with Crippen LogP contribution in [0.4, 0.5) is 0 Å². The average molecular weight is 241 g/mol. The van der Waals surface area contributed by atoms with Crippen LogP contribution in [0.5, 0.6) is 0 Å². The van der Waals surface area contributed by atoms with E-state index < -0.39 is 5.97 Å². The minimum Gasteiger partial charge on any atom is -0.481 e. The molecule has 3 nitrogen and oxygen atoms in total. The molecule has 3 unspecified atom stereocenters. The van der Waals surface area contributed by atoms with Crippen LogP contribution < -0.4 is 5.32 Å². The first-order valence-electron chi connectivity index (χ1n) is 6.88. The van der Waals surface area contributed by atoms with E-state index in [1.165, 1.54) is 12.8 Å². The fourth-order valence-corrected chi connectivity index (χ4v) is 2.71. The van der Waals surface area contributed by atoms with Crippen LogP contribution in [0.3, 0.4) is 0 Å². The van der Waals surface area contributed by atoms with Crippen LogP contribution in [0.15, 0.2) is 0 Å². The molecular weight excluding hydrogens is 214 g/mol. The zero-order valence-electron chi connectivity index (χ0n) is 11.6. The Labute approximate surface area is 105 Å². The highest BCUT2D eigenvalue weighted by Gasteiger charge is 2.33. The quantitative estimate of drug-likeness (QED) is 0.720. The van der Waals surface area contributed by atoms with Crippen LogP contribution in [0, 0.1) is 23.7 Å². The summed E-state index contributed by atoms with van der Waals surface area (Å²) < 4.78 is 0. The van der Waals surface area contributed by atoms with E-state index in [0.717, 1.165) is 12.3 Å². The maximum Gasteiger partial charge on any atom is 0.307 e. The summed E-state index contributed by atoms with van der Waals surface area (Å²) in [6.07, 6.45) is 3.26. The Hall–Kier alpha value is -0.570. The van der Waals surface area contributed by atoms with Gasteiger partial charge in [-0.3, -0.25) is 4.79 Å². The lowest BCUT2D eigenvalue weighted by Crippen LogP contribution is -2.48. The molecule has 1 aliphatic carbocycles. The van der Waals surface area contributed by atoms with E-state index in [0.29, 0.717) is 24.4 Å². The van der Waals surface area contributed by atoms with E-state index in [2.05, 4.69) is 33.0 Å². The largest absolute Gasteiger partial charge is 0.481 e. The molecule has 2 N–H and O–H groups in total. The smallest absolute Gasteiger partial charge is 0.307 e. The SMILES string of the molecule is CC(C)CC(CNC1CCC1C(C)C)C(=O)O. The van der Waals surface area contributed by atoms with Crippen molar-refractivity contribution in [1.82, 2.24) is 5.32 Å². The molecule has 1 saturated carbocycles. The predicted molar refractivity (Wildman–Crippen MR) is 69.9 cm³/mol. The Balaban J connectivity index is 2.34. The molecule has 0 aromatic heterocycles. The van der Waals surface area contributed by atoms with Gasteiger partial charge in [-0.2, -0.15) is 0 Å². The zero-order valence-corrected chi connectivity index (χ0v) is 11.6. The van der Waals surface area contributed by atoms with Gasteiger partial charge in [0.15, 0.2) is 0 Å². The maximum atomic E-state index is 11.1. The molecule has 0 saturated heterocycles. The Bertz CT molecular complexity index is 251. The highest BCUT2D eigenvalue weighted by molar-refractivity contribution is 5.70. The minimum absolute atomic E-state index is 0.233. The first-order chi connectivity index (χ1) is 7.91. The van der Waals surface area contributed by atoms with Crippen molar-refractivity contribution in [2.75, 3.05) is 6.54 Å². The van der Waals surface area contributed by atoms with Gasteiger partial charge in [-0.25, -0.2) is 0 Å². The summed E-state index contributed by atoms with van der Waals surface area (Å²) in [5, 5.41) is 12.6. The molecule has 0 aromatic rings. The number of nitrogens with one attached hydrogen (secondary N) is 1. The second-order valence-electron chi connectivity index (χ2n) is 6.16. The van der Waals surface area contributed by atoms with Crippen molar-refractivity contribution >= 4 is 5.97 Å². The fraction of sp³-hybridized carbons (Fsp3) is 0.929. The Morgan fingerprint density at radius 1 is 1.29 bits per heavy atom. The lowest BCUT2D eigenvalue weighted by Gasteiger charge is -2.40. The number of aliphatic carboxylic acids is 1. The molecule has 3 heteroatoms. The van der Waals surface area contributed by atoms with Crippen LogP contribution in [0.2, 0.25) is 0 Å². The van der Waals surface area contributed by atoms with Crippen LogP contribution >= 0.6 is 0 Å². The normalized spacial score (nSPS) is 26.0. The lowest BCUT2D eigenvalue weighted by atomic mass is 9.72. The van der Waals surface area contributed by atoms with Gasteiger partial charge in [0.05, 0.1) is 5.92 Å². The summed E-state index contributed by atoms with van der Waals surface area (Å²) in [5.41, 5.74) is 0. The van der Waals surface area contributed by atoms with Crippen molar-refractivity contribution in [3.05, 3.63) is 0 Å². The second-order valence-corrected chi connectivity index (χ2v) is 6.16. The van der Waals surface area contributed by atoms with E-state index in [9.17, 15) is 4.79 Å². The van der Waals surface area contributed by atoms with Crippen LogP contribution in [-0.2, 0) is 4.79 Å². The highest BCUT2D eigenvalue weighted by atomic mass is 16.4. The number of rotatable bonds is 7. The Morgan fingerprint density at radius 3 is 2.29 bits per heavy atom. The molecule has 1 aliphatic rings. The standard InChI is InChI=1S/C14H27NO2/c1-9(2)7-11(14(16)17)8-15-13-6-5-12(13)10(3)4/h9-13,15H,5-8H2,1-4H3,(H,16,17). The van der Waals surface area contributed by atoms with Crippen molar-refractivity contribution in [1.29, 1.82) is 0 Å². The van der Waals surface area contributed by atoms with Gasteiger partial charge in [-0.1, -0.05) is 27.7 Å². The predicted octanol–water partition coefficient (Wildman–Crippen LogP) is 2.76. The number of hydrogen-bond donors (Lipinski definition) is 2. The first kappa shape index (κ1) is 14.5. The summed E-state index contributed by atoms with van der Waals surface area (Å²) in [6, 6.07) is 0.545. The summed E-state index contributed by atoms with van der Waals surface area (Å²) in [4.78, 5) is 11.1. The van der Waals surface area contributed by atoms with Gasteiger partial charge in [0.25, 0.3) is 0 Å². The average Bonchev–Trinajstić information content (AvgIpc) is 2.12. The molecule has 17 heavy (non-hydrogen) atoms. The number of hydrogen-bond acceptors (Lipinski definition) is 2. The molecular formula is C14H27NO2. The molecule has 0 amide bonds. The highest BCUT2D eigenvalue weighted by Crippen LogP contribution is 2.33. The van der Waals surface area contributed by atoms with Crippen molar-refractivity contribution in [3.8, 4) is 0 Å². The summed E-state index contributed by atoms with van der Waals surface area (Å²) >= 11 is 0. The third-order valence-corrected chi connectivity index (χ3v) is 3.92. The minimum atomic E-state index is -0.661. The van der Waals surface area contributed by atoms with E-state index in [4.69, 9.17) is 5.11 Å². The van der Waals surface area contributed by atoms with E-state index in [-0.39, 0.29) is 5.92 Å². The van der Waals surface area contributed by atoms with Gasteiger partial charge in [-0.15, -0.1) is 0 Å². The summed E-state index contributed by atoms with van der Waals surface area (Å²) in [5.74, 6) is 0.994. The van der Waals surface area contributed by atoms with Gasteiger partial charge >= 0.3 is 5.97 Å². The molecule has 100 valence electrons. The molecule has 0 radical (unpaired) electrons. The molecule has 0 aromatic carbocycles. The van der Waals surface area contributed by atoms with Gasteiger partial charge in [-0.05, 0) is 37.0 Å². The van der Waals surface area contributed by atoms with Crippen molar-refractivity contribution in [3.63, 3.8) is 0 Å². The maximum absolute atomic E-state index is 11.1. The molecule has 1 fully saturated rings. The molecule has 0 heterocycles.